The van der Waals surface area contributed by atoms with Gasteiger partial charge in [-0.1, -0.05) is 23.4 Å². The Morgan fingerprint density at radius 2 is 1.91 bits per heavy atom. The predicted molar refractivity (Wildman–Crippen MR) is 126 cm³/mol. The first-order valence-electron chi connectivity index (χ1n) is 9.81. The van der Waals surface area contributed by atoms with Gasteiger partial charge in [0.05, 0.1) is 43.0 Å². The number of ether oxygens (including phenoxy) is 2. The lowest BCUT2D eigenvalue weighted by Gasteiger charge is -2.17. The number of benzene rings is 2. The molecule has 3 aromatic rings. The van der Waals surface area contributed by atoms with Crippen LogP contribution in [0.5, 0.6) is 11.5 Å². The summed E-state index contributed by atoms with van der Waals surface area (Å²) in [5, 5.41) is 13.3. The largest absolute Gasteiger partial charge is 0.493 e. The van der Waals surface area contributed by atoms with Gasteiger partial charge >= 0.3 is 0 Å². The van der Waals surface area contributed by atoms with Crippen LogP contribution in [-0.2, 0) is 11.3 Å². The molecule has 2 atom stereocenters. The molecule has 0 aliphatic rings. The zero-order valence-electron chi connectivity index (χ0n) is 18.1. The molecular formula is C22H24ClN3O5S. The van der Waals surface area contributed by atoms with Crippen LogP contribution in [0.1, 0.15) is 13.8 Å². The maximum Gasteiger partial charge on any atom is 0.262 e. The number of halogens is 1. The number of anilines is 1. The minimum atomic E-state index is -0.769. The molecule has 0 aliphatic heterocycles. The Balaban J connectivity index is 1.89. The van der Waals surface area contributed by atoms with Crippen molar-refractivity contribution >= 4 is 45.9 Å². The first-order valence-corrected chi connectivity index (χ1v) is 11.1. The molecule has 0 radical (unpaired) electrons. The molecule has 170 valence electrons. The standard InChI is InChI=1S/C22H24ClN3O5S/c1-12(27)11-26-21(29)16-7-5-14(23)9-17(16)25-22(26)32-13(2)20(28)24-15-6-8-18(30-3)19(10-15)31-4/h5-10,12-13,27H,11H2,1-4H3,(H,24,28)/t12-,13-/m1/s1. The molecule has 1 amide bonds. The minimum Gasteiger partial charge on any atom is -0.493 e. The molecule has 0 aliphatic carbocycles. The lowest BCUT2D eigenvalue weighted by molar-refractivity contribution is -0.115. The van der Waals surface area contributed by atoms with Crippen LogP contribution in [0.15, 0.2) is 46.3 Å². The van der Waals surface area contributed by atoms with E-state index in [9.17, 15) is 14.7 Å². The quantitative estimate of drug-likeness (QED) is 0.377. The number of aliphatic hydroxyl groups excluding tert-OH is 1. The summed E-state index contributed by atoms with van der Waals surface area (Å²) >= 11 is 7.18. The monoisotopic (exact) mass is 477 g/mol. The molecule has 0 bridgehead atoms. The molecule has 2 N–H and O–H groups in total. The topological polar surface area (TPSA) is 103 Å². The first-order chi connectivity index (χ1) is 15.2. The molecule has 32 heavy (non-hydrogen) atoms. The van der Waals surface area contributed by atoms with Crippen molar-refractivity contribution in [1.82, 2.24) is 9.55 Å². The Morgan fingerprint density at radius 1 is 1.19 bits per heavy atom. The molecule has 0 saturated heterocycles. The van der Waals surface area contributed by atoms with E-state index in [0.29, 0.717) is 38.3 Å². The van der Waals surface area contributed by atoms with Gasteiger partial charge in [0.2, 0.25) is 5.91 Å². The second-order valence-electron chi connectivity index (χ2n) is 7.14. The fraction of sp³-hybridized carbons (Fsp3) is 0.318. The number of carbonyl (C=O) groups excluding carboxylic acids is 1. The van der Waals surface area contributed by atoms with Crippen LogP contribution in [0.3, 0.4) is 0 Å². The number of hydrogen-bond acceptors (Lipinski definition) is 7. The molecule has 1 aromatic heterocycles. The number of amides is 1. The average Bonchev–Trinajstić information content (AvgIpc) is 2.75. The van der Waals surface area contributed by atoms with Crippen molar-refractivity contribution in [1.29, 1.82) is 0 Å². The van der Waals surface area contributed by atoms with Crippen molar-refractivity contribution < 1.29 is 19.4 Å². The smallest absolute Gasteiger partial charge is 0.262 e. The molecule has 3 rings (SSSR count). The molecule has 0 fully saturated rings. The number of nitrogens with one attached hydrogen (secondary N) is 1. The Hall–Kier alpha value is -2.75. The number of methoxy groups -OCH3 is 2. The van der Waals surface area contributed by atoms with E-state index >= 15 is 0 Å². The van der Waals surface area contributed by atoms with E-state index in [0.717, 1.165) is 11.8 Å². The third-order valence-electron chi connectivity index (χ3n) is 4.63. The zero-order chi connectivity index (χ0) is 23.4. The van der Waals surface area contributed by atoms with Gasteiger partial charge in [-0.05, 0) is 44.2 Å². The van der Waals surface area contributed by atoms with Gasteiger partial charge in [-0.3, -0.25) is 14.2 Å². The molecule has 0 unspecified atom stereocenters. The average molecular weight is 478 g/mol. The second kappa shape index (κ2) is 10.2. The highest BCUT2D eigenvalue weighted by Gasteiger charge is 2.21. The van der Waals surface area contributed by atoms with E-state index in [2.05, 4.69) is 10.3 Å². The molecule has 0 spiro atoms. The number of thioether (sulfide) groups is 1. The Kier molecular flexibility index (Phi) is 7.65. The summed E-state index contributed by atoms with van der Waals surface area (Å²) in [5.74, 6) is 0.754. The van der Waals surface area contributed by atoms with Gasteiger partial charge in [0, 0.05) is 16.8 Å². The van der Waals surface area contributed by atoms with Crippen LogP contribution in [0.25, 0.3) is 10.9 Å². The van der Waals surface area contributed by atoms with Gasteiger partial charge < -0.3 is 19.9 Å². The number of fused-ring (bicyclic) bond motifs is 1. The maximum absolute atomic E-state index is 13.0. The van der Waals surface area contributed by atoms with E-state index in [1.165, 1.54) is 18.8 Å². The van der Waals surface area contributed by atoms with Crippen LogP contribution in [0.4, 0.5) is 5.69 Å². The lowest BCUT2D eigenvalue weighted by Crippen LogP contribution is -2.29. The minimum absolute atomic E-state index is 0.0523. The number of hydrogen-bond donors (Lipinski definition) is 2. The molecule has 10 heteroatoms. The molecule has 2 aromatic carbocycles. The Bertz CT molecular complexity index is 1200. The highest BCUT2D eigenvalue weighted by Crippen LogP contribution is 2.30. The predicted octanol–water partition coefficient (Wildman–Crippen LogP) is 3.57. The van der Waals surface area contributed by atoms with Gasteiger partial charge in [0.25, 0.3) is 5.56 Å². The van der Waals surface area contributed by atoms with E-state index in [1.54, 1.807) is 50.2 Å². The fourth-order valence-electron chi connectivity index (χ4n) is 3.06. The molecule has 0 saturated carbocycles. The van der Waals surface area contributed by atoms with Gasteiger partial charge in [-0.2, -0.15) is 0 Å². The third kappa shape index (κ3) is 5.35. The number of rotatable bonds is 8. The highest BCUT2D eigenvalue weighted by molar-refractivity contribution is 8.00. The summed E-state index contributed by atoms with van der Waals surface area (Å²) in [5.41, 5.74) is 0.668. The van der Waals surface area contributed by atoms with Gasteiger partial charge in [-0.25, -0.2) is 4.98 Å². The number of carbonyl (C=O) groups is 1. The summed E-state index contributed by atoms with van der Waals surface area (Å²) in [6, 6.07) is 9.88. The van der Waals surface area contributed by atoms with E-state index < -0.39 is 11.4 Å². The summed E-state index contributed by atoms with van der Waals surface area (Å²) in [6.07, 6.45) is -0.769. The maximum atomic E-state index is 13.0. The number of nitrogens with zero attached hydrogens (tertiary/aromatic N) is 2. The van der Waals surface area contributed by atoms with E-state index in [1.807, 2.05) is 0 Å². The summed E-state index contributed by atoms with van der Waals surface area (Å²) in [4.78, 5) is 30.4. The highest BCUT2D eigenvalue weighted by atomic mass is 35.5. The SMILES string of the molecule is COc1ccc(NC(=O)[C@@H](C)Sc2nc3cc(Cl)ccc3c(=O)n2C[C@@H](C)O)cc1OC. The van der Waals surface area contributed by atoms with E-state index in [-0.39, 0.29) is 18.0 Å². The number of aliphatic hydroxyl groups is 1. The van der Waals surface area contributed by atoms with E-state index in [4.69, 9.17) is 21.1 Å². The van der Waals surface area contributed by atoms with Crippen LogP contribution >= 0.6 is 23.4 Å². The Morgan fingerprint density at radius 3 is 2.56 bits per heavy atom. The van der Waals surface area contributed by atoms with Crippen LogP contribution in [0.2, 0.25) is 5.02 Å². The Labute approximate surface area is 194 Å². The molecule has 8 nitrogen and oxygen atoms in total. The van der Waals surface area contributed by atoms with Crippen LogP contribution in [-0.4, -0.2) is 46.1 Å². The second-order valence-corrected chi connectivity index (χ2v) is 8.88. The van der Waals surface area contributed by atoms with Gasteiger partial charge in [0.15, 0.2) is 16.7 Å². The van der Waals surface area contributed by atoms with Crippen molar-refractivity contribution in [2.24, 2.45) is 0 Å². The van der Waals surface area contributed by atoms with Crippen molar-refractivity contribution in [3.8, 4) is 11.5 Å². The lowest BCUT2D eigenvalue weighted by atomic mass is 10.2. The summed E-state index contributed by atoms with van der Waals surface area (Å²) < 4.78 is 11.9. The summed E-state index contributed by atoms with van der Waals surface area (Å²) in [6.45, 7) is 3.35. The molecule has 1 heterocycles. The third-order valence-corrected chi connectivity index (χ3v) is 5.96. The zero-order valence-corrected chi connectivity index (χ0v) is 19.7. The van der Waals surface area contributed by atoms with Crippen LogP contribution < -0.4 is 20.3 Å². The van der Waals surface area contributed by atoms with Crippen molar-refractivity contribution in [3.63, 3.8) is 0 Å². The molecular weight excluding hydrogens is 454 g/mol. The normalized spacial score (nSPS) is 12.9. The summed E-state index contributed by atoms with van der Waals surface area (Å²) in [7, 11) is 3.05. The fourth-order valence-corrected chi connectivity index (χ4v) is 4.14. The van der Waals surface area contributed by atoms with Crippen molar-refractivity contribution in [3.05, 3.63) is 51.8 Å². The van der Waals surface area contributed by atoms with Crippen LogP contribution in [0, 0.1) is 0 Å². The van der Waals surface area contributed by atoms with Crippen molar-refractivity contribution in [2.75, 3.05) is 19.5 Å². The first kappa shape index (κ1) is 23.9. The van der Waals surface area contributed by atoms with Crippen molar-refractivity contribution in [2.45, 2.75) is 36.9 Å². The van der Waals surface area contributed by atoms with Gasteiger partial charge in [0.1, 0.15) is 0 Å². The number of aromatic nitrogens is 2. The van der Waals surface area contributed by atoms with Gasteiger partial charge in [-0.15, -0.1) is 0 Å².